The molecule has 0 aromatic heterocycles. The highest BCUT2D eigenvalue weighted by Gasteiger charge is 2.20. The minimum atomic E-state index is -1.01. The smallest absolute Gasteiger partial charge is 0.326 e. The maximum absolute atomic E-state index is 11.3. The maximum atomic E-state index is 11.3. The quantitative estimate of drug-likeness (QED) is 0.467. The highest BCUT2D eigenvalue weighted by Crippen LogP contribution is 2.04. The number of rotatable bonds is 7. The zero-order chi connectivity index (χ0) is 12.6. The van der Waals surface area contributed by atoms with E-state index in [4.69, 9.17) is 10.8 Å². The molecular formula is C10H21N3O3. The van der Waals surface area contributed by atoms with Crippen LogP contribution in [0.3, 0.4) is 0 Å². The van der Waals surface area contributed by atoms with E-state index >= 15 is 0 Å². The molecule has 2 amide bonds. The molecule has 0 radical (unpaired) electrons. The second kappa shape index (κ2) is 7.92. The number of carboxylic acids is 1. The van der Waals surface area contributed by atoms with Crippen molar-refractivity contribution in [3.63, 3.8) is 0 Å². The van der Waals surface area contributed by atoms with E-state index in [2.05, 4.69) is 10.6 Å². The molecule has 0 aliphatic rings. The molecule has 0 bridgehead atoms. The van der Waals surface area contributed by atoms with Crippen LogP contribution in [0.2, 0.25) is 0 Å². The number of nitrogens with one attached hydrogen (secondary N) is 2. The molecular weight excluding hydrogens is 210 g/mol. The van der Waals surface area contributed by atoms with Gasteiger partial charge in [-0.3, -0.25) is 0 Å². The standard InChI is InChI=1S/C10H21N3O3/c1-7(2)6-8(9(14)15)13-10(16)12-5-3-4-11/h7-8H,3-6,11H2,1-2H3,(H,14,15)(H2,12,13,16)/t8-/m0/s1. The number of carbonyl (C=O) groups is 2. The Kier molecular flexibility index (Phi) is 7.28. The van der Waals surface area contributed by atoms with Crippen LogP contribution in [-0.4, -0.2) is 36.2 Å². The molecule has 6 heteroatoms. The van der Waals surface area contributed by atoms with Crippen molar-refractivity contribution in [3.8, 4) is 0 Å². The van der Waals surface area contributed by atoms with Crippen LogP contribution >= 0.6 is 0 Å². The molecule has 0 rings (SSSR count). The zero-order valence-electron chi connectivity index (χ0n) is 9.82. The van der Waals surface area contributed by atoms with Crippen molar-refractivity contribution in [3.05, 3.63) is 0 Å². The van der Waals surface area contributed by atoms with Crippen molar-refractivity contribution in [1.82, 2.24) is 10.6 Å². The summed E-state index contributed by atoms with van der Waals surface area (Å²) >= 11 is 0. The minimum Gasteiger partial charge on any atom is -0.480 e. The Morgan fingerprint density at radius 2 is 2.00 bits per heavy atom. The van der Waals surface area contributed by atoms with Gasteiger partial charge in [0.15, 0.2) is 0 Å². The lowest BCUT2D eigenvalue weighted by Gasteiger charge is -2.16. The van der Waals surface area contributed by atoms with E-state index < -0.39 is 18.0 Å². The fourth-order valence-electron chi connectivity index (χ4n) is 1.21. The van der Waals surface area contributed by atoms with Gasteiger partial charge in [0.1, 0.15) is 6.04 Å². The first-order valence-corrected chi connectivity index (χ1v) is 5.44. The summed E-state index contributed by atoms with van der Waals surface area (Å²) in [6, 6.07) is -1.29. The molecule has 0 saturated carbocycles. The summed E-state index contributed by atoms with van der Waals surface area (Å²) in [5.41, 5.74) is 5.26. The van der Waals surface area contributed by atoms with Crippen LogP contribution in [-0.2, 0) is 4.79 Å². The Hall–Kier alpha value is -1.30. The average molecular weight is 231 g/mol. The van der Waals surface area contributed by atoms with Gasteiger partial charge < -0.3 is 21.5 Å². The normalized spacial score (nSPS) is 12.2. The monoisotopic (exact) mass is 231 g/mol. The Bertz CT molecular complexity index is 231. The lowest BCUT2D eigenvalue weighted by molar-refractivity contribution is -0.139. The first-order valence-electron chi connectivity index (χ1n) is 5.44. The predicted octanol–water partition coefficient (Wildman–Crippen LogP) is 0.134. The summed E-state index contributed by atoms with van der Waals surface area (Å²) in [6.07, 6.45) is 1.09. The summed E-state index contributed by atoms with van der Waals surface area (Å²) in [5.74, 6) is -0.798. The number of carboxylic acid groups (broad SMARTS) is 1. The van der Waals surface area contributed by atoms with E-state index in [-0.39, 0.29) is 5.92 Å². The van der Waals surface area contributed by atoms with E-state index in [1.54, 1.807) is 0 Å². The van der Waals surface area contributed by atoms with E-state index in [9.17, 15) is 9.59 Å². The minimum absolute atomic E-state index is 0.213. The summed E-state index contributed by atoms with van der Waals surface area (Å²) in [5, 5.41) is 13.8. The first kappa shape index (κ1) is 14.7. The van der Waals surface area contributed by atoms with Crippen molar-refractivity contribution in [2.24, 2.45) is 11.7 Å². The molecule has 0 aromatic rings. The number of carbonyl (C=O) groups excluding carboxylic acids is 1. The Labute approximate surface area is 95.6 Å². The predicted molar refractivity (Wildman–Crippen MR) is 61.1 cm³/mol. The summed E-state index contributed by atoms with van der Waals surface area (Å²) < 4.78 is 0. The van der Waals surface area contributed by atoms with Crippen LogP contribution in [0.4, 0.5) is 4.79 Å². The Morgan fingerprint density at radius 3 is 2.44 bits per heavy atom. The number of aliphatic carboxylic acids is 1. The van der Waals surface area contributed by atoms with E-state index in [0.717, 1.165) is 0 Å². The van der Waals surface area contributed by atoms with Crippen LogP contribution in [0.5, 0.6) is 0 Å². The molecule has 0 fully saturated rings. The Balaban J connectivity index is 3.98. The van der Waals surface area contributed by atoms with Gasteiger partial charge in [-0.05, 0) is 25.3 Å². The molecule has 0 aliphatic carbocycles. The van der Waals surface area contributed by atoms with Gasteiger partial charge in [-0.1, -0.05) is 13.8 Å². The highest BCUT2D eigenvalue weighted by molar-refractivity contribution is 5.82. The second-order valence-electron chi connectivity index (χ2n) is 4.06. The van der Waals surface area contributed by atoms with E-state index in [1.807, 2.05) is 13.8 Å². The molecule has 16 heavy (non-hydrogen) atoms. The number of hydrogen-bond donors (Lipinski definition) is 4. The molecule has 0 saturated heterocycles. The molecule has 1 atom stereocenters. The van der Waals surface area contributed by atoms with Crippen LogP contribution in [0, 0.1) is 5.92 Å². The topological polar surface area (TPSA) is 104 Å². The number of hydrogen-bond acceptors (Lipinski definition) is 3. The number of nitrogens with two attached hydrogens (primary N) is 1. The lowest BCUT2D eigenvalue weighted by Crippen LogP contribution is -2.46. The number of amides is 2. The van der Waals surface area contributed by atoms with Gasteiger partial charge >= 0.3 is 12.0 Å². The molecule has 0 spiro atoms. The average Bonchev–Trinajstić information content (AvgIpc) is 2.16. The molecule has 5 N–H and O–H groups in total. The lowest BCUT2D eigenvalue weighted by atomic mass is 10.0. The molecule has 0 aromatic carbocycles. The van der Waals surface area contributed by atoms with Crippen molar-refractivity contribution in [2.45, 2.75) is 32.7 Å². The molecule has 0 heterocycles. The van der Waals surface area contributed by atoms with E-state index in [0.29, 0.717) is 25.9 Å². The van der Waals surface area contributed by atoms with Gasteiger partial charge in [0.25, 0.3) is 0 Å². The third-order valence-electron chi connectivity index (χ3n) is 1.98. The van der Waals surface area contributed by atoms with Gasteiger partial charge in [0, 0.05) is 6.54 Å². The SMILES string of the molecule is CC(C)C[C@H](NC(=O)NCCCN)C(=O)O. The maximum Gasteiger partial charge on any atom is 0.326 e. The van der Waals surface area contributed by atoms with Gasteiger partial charge in [0.2, 0.25) is 0 Å². The fraction of sp³-hybridized carbons (Fsp3) is 0.800. The molecule has 0 unspecified atom stereocenters. The summed E-state index contributed by atoms with van der Waals surface area (Å²) in [7, 11) is 0. The van der Waals surface area contributed by atoms with Crippen molar-refractivity contribution < 1.29 is 14.7 Å². The highest BCUT2D eigenvalue weighted by atomic mass is 16.4. The summed E-state index contributed by atoms with van der Waals surface area (Å²) in [6.45, 7) is 4.76. The first-order chi connectivity index (χ1) is 7.47. The van der Waals surface area contributed by atoms with Gasteiger partial charge in [0.05, 0.1) is 0 Å². The van der Waals surface area contributed by atoms with Crippen LogP contribution < -0.4 is 16.4 Å². The van der Waals surface area contributed by atoms with Gasteiger partial charge in [-0.25, -0.2) is 9.59 Å². The summed E-state index contributed by atoms with van der Waals surface area (Å²) in [4.78, 5) is 22.1. The van der Waals surface area contributed by atoms with Crippen LogP contribution in [0.1, 0.15) is 26.7 Å². The molecule has 94 valence electrons. The van der Waals surface area contributed by atoms with Crippen molar-refractivity contribution in [1.29, 1.82) is 0 Å². The van der Waals surface area contributed by atoms with Crippen molar-refractivity contribution >= 4 is 12.0 Å². The molecule has 0 aliphatic heterocycles. The number of urea groups is 1. The zero-order valence-corrected chi connectivity index (χ0v) is 9.82. The van der Waals surface area contributed by atoms with Gasteiger partial charge in [-0.2, -0.15) is 0 Å². The van der Waals surface area contributed by atoms with Crippen molar-refractivity contribution in [2.75, 3.05) is 13.1 Å². The largest absolute Gasteiger partial charge is 0.480 e. The Morgan fingerprint density at radius 1 is 1.38 bits per heavy atom. The van der Waals surface area contributed by atoms with Crippen LogP contribution in [0.25, 0.3) is 0 Å². The molecule has 6 nitrogen and oxygen atoms in total. The van der Waals surface area contributed by atoms with Crippen LogP contribution in [0.15, 0.2) is 0 Å². The second-order valence-corrected chi connectivity index (χ2v) is 4.06. The van der Waals surface area contributed by atoms with Gasteiger partial charge in [-0.15, -0.1) is 0 Å². The fourth-order valence-corrected chi connectivity index (χ4v) is 1.21. The van der Waals surface area contributed by atoms with E-state index in [1.165, 1.54) is 0 Å². The third-order valence-corrected chi connectivity index (χ3v) is 1.98. The third kappa shape index (κ3) is 7.05.